The number of hydrogen-bond acceptors (Lipinski definition) is 3. The lowest BCUT2D eigenvalue weighted by atomic mass is 10.2. The quantitative estimate of drug-likeness (QED) is 0.775. The molecule has 1 aromatic carbocycles. The van der Waals surface area contributed by atoms with Gasteiger partial charge in [-0.1, -0.05) is 28.1 Å². The van der Waals surface area contributed by atoms with Crippen LogP contribution in [0.5, 0.6) is 5.75 Å². The average Bonchev–Trinajstić information content (AvgIpc) is 2.32. The number of benzene rings is 1. The van der Waals surface area contributed by atoms with Crippen molar-refractivity contribution in [3.8, 4) is 5.75 Å². The molecule has 0 unspecified atom stereocenters. The lowest BCUT2D eigenvalue weighted by molar-refractivity contribution is 0.361. The molecule has 1 aromatic rings. The van der Waals surface area contributed by atoms with Crippen LogP contribution >= 0.6 is 28.1 Å². The van der Waals surface area contributed by atoms with Gasteiger partial charge in [-0.15, -0.1) is 0 Å². The number of phenolic OH excluding ortho intramolecular Hbond substituents is 1. The van der Waals surface area contributed by atoms with E-state index < -0.39 is 0 Å². The molecule has 3 nitrogen and oxygen atoms in total. The monoisotopic (exact) mass is 300 g/mol. The second-order valence-electron chi connectivity index (χ2n) is 3.70. The number of aromatic hydroxyl groups is 1. The average molecular weight is 301 g/mol. The van der Waals surface area contributed by atoms with Crippen LogP contribution in [0.3, 0.4) is 0 Å². The first-order chi connectivity index (χ1) is 7.68. The standard InChI is InChI=1S/C11H13BrN2OS/c12-8-1-2-10(15)9(7-8)11(16)14-5-3-13-4-6-14/h1-2,7,13,15H,3-6H2. The number of piperazine rings is 1. The molecule has 1 heterocycles. The maximum atomic E-state index is 9.79. The Bertz CT molecular complexity index is 405. The lowest BCUT2D eigenvalue weighted by Crippen LogP contribution is -2.46. The fourth-order valence-electron chi connectivity index (χ4n) is 1.72. The Morgan fingerprint density at radius 2 is 2.06 bits per heavy atom. The largest absolute Gasteiger partial charge is 0.507 e. The molecular weight excluding hydrogens is 288 g/mol. The second-order valence-corrected chi connectivity index (χ2v) is 5.01. The van der Waals surface area contributed by atoms with Gasteiger partial charge in [0.1, 0.15) is 10.7 Å². The number of hydrogen-bond donors (Lipinski definition) is 2. The summed E-state index contributed by atoms with van der Waals surface area (Å²) in [5, 5.41) is 13.1. The lowest BCUT2D eigenvalue weighted by Gasteiger charge is -2.30. The molecule has 1 aliphatic heterocycles. The van der Waals surface area contributed by atoms with E-state index >= 15 is 0 Å². The van der Waals surface area contributed by atoms with E-state index in [2.05, 4.69) is 26.1 Å². The molecule has 5 heteroatoms. The molecule has 1 aliphatic rings. The van der Waals surface area contributed by atoms with Crippen LogP contribution in [-0.4, -0.2) is 41.2 Å². The van der Waals surface area contributed by atoms with Gasteiger partial charge in [0.2, 0.25) is 0 Å². The van der Waals surface area contributed by atoms with Gasteiger partial charge in [-0.25, -0.2) is 0 Å². The van der Waals surface area contributed by atoms with Gasteiger partial charge >= 0.3 is 0 Å². The molecule has 0 bridgehead atoms. The third-order valence-corrected chi connectivity index (χ3v) is 3.56. The maximum Gasteiger partial charge on any atom is 0.125 e. The third kappa shape index (κ3) is 2.53. The van der Waals surface area contributed by atoms with Gasteiger partial charge in [0, 0.05) is 30.7 Å². The smallest absolute Gasteiger partial charge is 0.125 e. The molecule has 0 aliphatic carbocycles. The Hall–Kier alpha value is -0.650. The minimum Gasteiger partial charge on any atom is -0.507 e. The fraction of sp³-hybridized carbons (Fsp3) is 0.364. The molecule has 0 spiro atoms. The second kappa shape index (κ2) is 5.12. The van der Waals surface area contributed by atoms with Crippen molar-refractivity contribution >= 4 is 33.1 Å². The summed E-state index contributed by atoms with van der Waals surface area (Å²) in [4.78, 5) is 2.84. The zero-order chi connectivity index (χ0) is 11.5. The molecule has 1 fully saturated rings. The Labute approximate surface area is 109 Å². The first-order valence-electron chi connectivity index (χ1n) is 5.17. The van der Waals surface area contributed by atoms with Crippen molar-refractivity contribution < 1.29 is 5.11 Å². The van der Waals surface area contributed by atoms with Crippen LogP contribution in [-0.2, 0) is 0 Å². The number of nitrogens with zero attached hydrogens (tertiary/aromatic N) is 1. The number of rotatable bonds is 1. The fourth-order valence-corrected chi connectivity index (χ4v) is 2.42. The van der Waals surface area contributed by atoms with Crippen molar-refractivity contribution in [2.24, 2.45) is 0 Å². The number of halogens is 1. The van der Waals surface area contributed by atoms with Crippen LogP contribution in [0, 0.1) is 0 Å². The van der Waals surface area contributed by atoms with E-state index in [4.69, 9.17) is 12.2 Å². The van der Waals surface area contributed by atoms with Gasteiger partial charge in [-0.3, -0.25) is 0 Å². The molecule has 2 rings (SSSR count). The predicted molar refractivity (Wildman–Crippen MR) is 71.9 cm³/mol. The molecule has 0 radical (unpaired) electrons. The van der Waals surface area contributed by atoms with E-state index in [1.54, 1.807) is 12.1 Å². The third-order valence-electron chi connectivity index (χ3n) is 2.59. The summed E-state index contributed by atoms with van der Waals surface area (Å²) in [7, 11) is 0. The highest BCUT2D eigenvalue weighted by atomic mass is 79.9. The zero-order valence-corrected chi connectivity index (χ0v) is 11.1. The van der Waals surface area contributed by atoms with E-state index in [9.17, 15) is 5.11 Å². The van der Waals surface area contributed by atoms with E-state index in [0.29, 0.717) is 0 Å². The van der Waals surface area contributed by atoms with Crippen LogP contribution in [0.4, 0.5) is 0 Å². The highest BCUT2D eigenvalue weighted by Crippen LogP contribution is 2.24. The summed E-state index contributed by atoms with van der Waals surface area (Å²) < 4.78 is 0.929. The van der Waals surface area contributed by atoms with Gasteiger partial charge in [0.15, 0.2) is 0 Å². The molecule has 1 saturated heterocycles. The van der Waals surface area contributed by atoms with Crippen molar-refractivity contribution in [3.05, 3.63) is 28.2 Å². The van der Waals surface area contributed by atoms with Gasteiger partial charge in [-0.2, -0.15) is 0 Å². The van der Waals surface area contributed by atoms with Crippen LogP contribution in [0.1, 0.15) is 5.56 Å². The number of phenols is 1. The molecule has 0 saturated carbocycles. The summed E-state index contributed by atoms with van der Waals surface area (Å²) in [5.41, 5.74) is 0.728. The number of nitrogens with one attached hydrogen (secondary N) is 1. The van der Waals surface area contributed by atoms with Gasteiger partial charge < -0.3 is 15.3 Å². The molecule has 0 amide bonds. The summed E-state index contributed by atoms with van der Waals surface area (Å²) in [6, 6.07) is 5.33. The first-order valence-corrected chi connectivity index (χ1v) is 6.37. The Morgan fingerprint density at radius 3 is 2.75 bits per heavy atom. The van der Waals surface area contributed by atoms with Crippen LogP contribution in [0.25, 0.3) is 0 Å². The molecule has 0 atom stereocenters. The van der Waals surface area contributed by atoms with E-state index in [1.165, 1.54) is 0 Å². The van der Waals surface area contributed by atoms with Crippen LogP contribution < -0.4 is 5.32 Å². The Balaban J connectivity index is 2.22. The molecular formula is C11H13BrN2OS. The molecule has 16 heavy (non-hydrogen) atoms. The Kier molecular flexibility index (Phi) is 3.78. The normalized spacial score (nSPS) is 16.2. The zero-order valence-electron chi connectivity index (χ0n) is 8.74. The summed E-state index contributed by atoms with van der Waals surface area (Å²) >= 11 is 8.79. The summed E-state index contributed by atoms with van der Waals surface area (Å²) in [6.45, 7) is 3.67. The van der Waals surface area contributed by atoms with E-state index in [-0.39, 0.29) is 5.75 Å². The van der Waals surface area contributed by atoms with Gasteiger partial charge in [0.05, 0.1) is 5.56 Å². The summed E-state index contributed by atoms with van der Waals surface area (Å²) in [5.74, 6) is 0.242. The minimum absolute atomic E-state index is 0.242. The van der Waals surface area contributed by atoms with Crippen molar-refractivity contribution in [1.29, 1.82) is 0 Å². The summed E-state index contributed by atoms with van der Waals surface area (Å²) in [6.07, 6.45) is 0. The molecule has 2 N–H and O–H groups in total. The van der Waals surface area contributed by atoms with Crippen LogP contribution in [0.15, 0.2) is 22.7 Å². The van der Waals surface area contributed by atoms with Crippen LogP contribution in [0.2, 0.25) is 0 Å². The molecule has 0 aromatic heterocycles. The van der Waals surface area contributed by atoms with Gasteiger partial charge in [0.25, 0.3) is 0 Å². The highest BCUT2D eigenvalue weighted by molar-refractivity contribution is 9.10. The topological polar surface area (TPSA) is 35.5 Å². The number of thiocarbonyl (C=S) groups is 1. The highest BCUT2D eigenvalue weighted by Gasteiger charge is 2.17. The SMILES string of the molecule is Oc1ccc(Br)cc1C(=S)N1CCNCC1. The maximum absolute atomic E-state index is 9.79. The van der Waals surface area contributed by atoms with Crippen molar-refractivity contribution in [3.63, 3.8) is 0 Å². The first kappa shape index (κ1) is 11.8. The van der Waals surface area contributed by atoms with E-state index in [1.807, 2.05) is 6.07 Å². The van der Waals surface area contributed by atoms with Gasteiger partial charge in [-0.05, 0) is 18.2 Å². The van der Waals surface area contributed by atoms with E-state index in [0.717, 1.165) is 41.2 Å². The predicted octanol–water partition coefficient (Wildman–Crippen LogP) is 1.74. The minimum atomic E-state index is 0.242. The van der Waals surface area contributed by atoms with Crippen molar-refractivity contribution in [2.45, 2.75) is 0 Å². The van der Waals surface area contributed by atoms with Crippen molar-refractivity contribution in [2.75, 3.05) is 26.2 Å². The Morgan fingerprint density at radius 1 is 1.38 bits per heavy atom. The van der Waals surface area contributed by atoms with Crippen molar-refractivity contribution in [1.82, 2.24) is 10.2 Å². The molecule has 86 valence electrons.